The molecule has 1 fully saturated rings. The molecule has 108 valence electrons. The largest absolute Gasteiger partial charge is 0.372 e. The highest BCUT2D eigenvalue weighted by Gasteiger charge is 2.21. The summed E-state index contributed by atoms with van der Waals surface area (Å²) in [4.78, 5) is 5.01. The Hall–Kier alpha value is -2.45. The molecule has 0 radical (unpaired) electrons. The number of nitrogens with zero attached hydrogens (tertiary/aromatic N) is 1. The Bertz CT molecular complexity index is 757. The minimum Gasteiger partial charge on any atom is -0.372 e. The molecule has 2 aliphatic rings. The summed E-state index contributed by atoms with van der Waals surface area (Å²) in [6, 6.07) is 20.8. The summed E-state index contributed by atoms with van der Waals surface area (Å²) >= 11 is 0. The first kappa shape index (κ1) is 13.2. The maximum Gasteiger partial charge on any atom is 0.0944 e. The highest BCUT2D eigenvalue weighted by Crippen LogP contribution is 2.30. The molecule has 1 saturated heterocycles. The first-order chi connectivity index (χ1) is 10.9. The van der Waals surface area contributed by atoms with Crippen LogP contribution in [0, 0.1) is 0 Å². The monoisotopic (exact) mass is 287 g/mol. The molecule has 0 aliphatic carbocycles. The number of rotatable bonds is 2. The van der Waals surface area contributed by atoms with E-state index in [9.17, 15) is 0 Å². The van der Waals surface area contributed by atoms with Gasteiger partial charge in [-0.05, 0) is 34.4 Å². The number of benzene rings is 2. The van der Waals surface area contributed by atoms with Gasteiger partial charge in [0.15, 0.2) is 0 Å². The molecule has 0 bridgehead atoms. The summed E-state index contributed by atoms with van der Waals surface area (Å²) in [5, 5.41) is 0. The van der Waals surface area contributed by atoms with Crippen LogP contribution in [0.5, 0.6) is 0 Å². The van der Waals surface area contributed by atoms with E-state index in [1.165, 1.54) is 16.7 Å². The topological polar surface area (TPSA) is 21.6 Å². The van der Waals surface area contributed by atoms with Gasteiger partial charge < -0.3 is 4.74 Å². The summed E-state index contributed by atoms with van der Waals surface area (Å²) in [6.45, 7) is 1.37. The van der Waals surface area contributed by atoms with Gasteiger partial charge in [0.1, 0.15) is 0 Å². The van der Waals surface area contributed by atoms with Gasteiger partial charge in [-0.2, -0.15) is 0 Å². The smallest absolute Gasteiger partial charge is 0.0944 e. The number of allylic oxidation sites excluding steroid dienone is 1. The normalized spacial score (nSPS) is 20.5. The van der Waals surface area contributed by atoms with E-state index in [2.05, 4.69) is 60.7 Å². The van der Waals surface area contributed by atoms with Crippen molar-refractivity contribution in [1.82, 2.24) is 0 Å². The number of fused-ring (bicyclic) bond motifs is 1. The predicted molar refractivity (Wildman–Crippen MR) is 89.1 cm³/mol. The van der Waals surface area contributed by atoms with Gasteiger partial charge in [-0.25, -0.2) is 0 Å². The molecule has 2 aromatic carbocycles. The Balaban J connectivity index is 1.83. The van der Waals surface area contributed by atoms with Crippen molar-refractivity contribution in [1.29, 1.82) is 0 Å². The van der Waals surface area contributed by atoms with Crippen LogP contribution in [0.1, 0.15) is 17.2 Å². The molecule has 0 aromatic heterocycles. The average molecular weight is 287 g/mol. The molecule has 0 N–H and O–H groups in total. The Kier molecular flexibility index (Phi) is 3.45. The van der Waals surface area contributed by atoms with Crippen molar-refractivity contribution >= 4 is 5.71 Å². The fourth-order valence-corrected chi connectivity index (χ4v) is 2.91. The Morgan fingerprint density at radius 2 is 1.50 bits per heavy atom. The molecule has 0 saturated carbocycles. The summed E-state index contributed by atoms with van der Waals surface area (Å²) in [5.74, 6) is 0. The van der Waals surface area contributed by atoms with E-state index in [1.807, 2.05) is 12.1 Å². The van der Waals surface area contributed by atoms with Gasteiger partial charge in [0, 0.05) is 0 Å². The Morgan fingerprint density at radius 3 is 2.27 bits per heavy atom. The predicted octanol–water partition coefficient (Wildman–Crippen LogP) is 4.11. The van der Waals surface area contributed by atoms with Gasteiger partial charge >= 0.3 is 0 Å². The molecule has 22 heavy (non-hydrogen) atoms. The summed E-state index contributed by atoms with van der Waals surface area (Å²) in [7, 11) is 0. The SMILES string of the molecule is C1=C2COCC2=C[C@@H](c2ccccc2)N=C1c1ccccc1. The number of hydrogen-bond donors (Lipinski definition) is 0. The van der Waals surface area contributed by atoms with E-state index < -0.39 is 0 Å². The molecule has 0 amide bonds. The first-order valence-corrected chi connectivity index (χ1v) is 7.58. The third-order valence-electron chi connectivity index (χ3n) is 4.09. The maximum absolute atomic E-state index is 5.62. The molecule has 2 aromatic rings. The van der Waals surface area contributed by atoms with Crippen LogP contribution in [0.4, 0.5) is 0 Å². The highest BCUT2D eigenvalue weighted by atomic mass is 16.5. The van der Waals surface area contributed by atoms with Gasteiger partial charge in [-0.15, -0.1) is 0 Å². The Labute approximate surface area is 130 Å². The van der Waals surface area contributed by atoms with Crippen LogP contribution in [0.15, 0.2) is 89.0 Å². The Morgan fingerprint density at radius 1 is 0.818 bits per heavy atom. The van der Waals surface area contributed by atoms with Crippen molar-refractivity contribution in [3.63, 3.8) is 0 Å². The zero-order valence-corrected chi connectivity index (χ0v) is 12.3. The molecule has 2 heterocycles. The third-order valence-corrected chi connectivity index (χ3v) is 4.09. The average Bonchev–Trinajstić information content (AvgIpc) is 2.94. The van der Waals surface area contributed by atoms with Gasteiger partial charge in [0.2, 0.25) is 0 Å². The van der Waals surface area contributed by atoms with Crippen molar-refractivity contribution in [3.05, 3.63) is 95.1 Å². The second-order valence-electron chi connectivity index (χ2n) is 5.59. The van der Waals surface area contributed by atoms with Crippen molar-refractivity contribution in [2.45, 2.75) is 6.04 Å². The highest BCUT2D eigenvalue weighted by molar-refractivity contribution is 6.09. The second-order valence-corrected chi connectivity index (χ2v) is 5.59. The molecule has 1 atom stereocenters. The van der Waals surface area contributed by atoms with E-state index in [0.717, 1.165) is 11.3 Å². The van der Waals surface area contributed by atoms with Crippen molar-refractivity contribution < 1.29 is 4.74 Å². The lowest BCUT2D eigenvalue weighted by molar-refractivity contribution is 0.214. The molecule has 0 unspecified atom stereocenters. The summed E-state index contributed by atoms with van der Waals surface area (Å²) < 4.78 is 5.62. The molecule has 0 spiro atoms. The van der Waals surface area contributed by atoms with Crippen LogP contribution in [0.25, 0.3) is 0 Å². The fraction of sp³-hybridized carbons (Fsp3) is 0.150. The quantitative estimate of drug-likeness (QED) is 0.814. The number of ether oxygens (including phenoxy) is 1. The third kappa shape index (κ3) is 2.53. The molecule has 2 nitrogen and oxygen atoms in total. The number of aliphatic imine (C=N–C) groups is 1. The van der Waals surface area contributed by atoms with Crippen molar-refractivity contribution in [2.24, 2.45) is 4.99 Å². The van der Waals surface area contributed by atoms with Crippen LogP contribution in [-0.2, 0) is 4.74 Å². The minimum atomic E-state index is 0.0434. The zero-order valence-electron chi connectivity index (χ0n) is 12.3. The van der Waals surface area contributed by atoms with E-state index in [1.54, 1.807) is 0 Å². The van der Waals surface area contributed by atoms with E-state index >= 15 is 0 Å². The maximum atomic E-state index is 5.62. The minimum absolute atomic E-state index is 0.0434. The molecular weight excluding hydrogens is 270 g/mol. The van der Waals surface area contributed by atoms with Crippen LogP contribution >= 0.6 is 0 Å². The van der Waals surface area contributed by atoms with E-state index in [-0.39, 0.29) is 6.04 Å². The lowest BCUT2D eigenvalue weighted by atomic mass is 10.0. The lowest BCUT2D eigenvalue weighted by Gasteiger charge is -2.10. The van der Waals surface area contributed by atoms with Crippen LogP contribution < -0.4 is 0 Å². The number of hydrogen-bond acceptors (Lipinski definition) is 2. The summed E-state index contributed by atoms with van der Waals surface area (Å²) in [6.07, 6.45) is 4.42. The van der Waals surface area contributed by atoms with Crippen LogP contribution in [-0.4, -0.2) is 18.9 Å². The van der Waals surface area contributed by atoms with Gasteiger partial charge in [-0.1, -0.05) is 60.7 Å². The molecule has 2 aliphatic heterocycles. The van der Waals surface area contributed by atoms with E-state index in [0.29, 0.717) is 13.2 Å². The van der Waals surface area contributed by atoms with Gasteiger partial charge in [-0.3, -0.25) is 4.99 Å². The van der Waals surface area contributed by atoms with Crippen molar-refractivity contribution in [2.75, 3.05) is 13.2 Å². The fourth-order valence-electron chi connectivity index (χ4n) is 2.91. The standard InChI is InChI=1S/C20H17NO/c1-3-7-15(8-4-1)19-11-17-13-22-14-18(17)12-20(21-19)16-9-5-2-6-10-16/h1-12,19H,13-14H2/t19-/m0/s1. The van der Waals surface area contributed by atoms with Crippen LogP contribution in [0.3, 0.4) is 0 Å². The zero-order chi connectivity index (χ0) is 14.8. The molecular formula is C20H17NO. The van der Waals surface area contributed by atoms with E-state index in [4.69, 9.17) is 9.73 Å². The summed E-state index contributed by atoms with van der Waals surface area (Å²) in [5.41, 5.74) is 5.91. The van der Waals surface area contributed by atoms with Crippen molar-refractivity contribution in [3.8, 4) is 0 Å². The van der Waals surface area contributed by atoms with Gasteiger partial charge in [0.25, 0.3) is 0 Å². The second kappa shape index (κ2) is 5.74. The first-order valence-electron chi connectivity index (χ1n) is 7.58. The lowest BCUT2D eigenvalue weighted by Crippen LogP contribution is -2.01. The molecule has 4 rings (SSSR count). The van der Waals surface area contributed by atoms with Gasteiger partial charge in [0.05, 0.1) is 25.0 Å². The van der Waals surface area contributed by atoms with Crippen LogP contribution in [0.2, 0.25) is 0 Å². The molecule has 2 heteroatoms.